The van der Waals surface area contributed by atoms with Gasteiger partial charge in [0.15, 0.2) is 0 Å². The van der Waals surface area contributed by atoms with Crippen molar-refractivity contribution >= 4 is 5.97 Å². The number of carboxylic acid groups (broad SMARTS) is 1. The van der Waals surface area contributed by atoms with Crippen LogP contribution in [0.25, 0.3) is 0 Å². The number of carbonyl (C=O) groups is 1. The number of carbonyl (C=O) groups excluding carboxylic acids is 1. The SMILES string of the molecule is CCC/C=C/C(/C=C/C=C/CCCCCCCC(=O)[O-])OO. The first-order chi connectivity index (χ1) is 10.7. The first-order valence-electron chi connectivity index (χ1n) is 8.20. The fourth-order valence-corrected chi connectivity index (χ4v) is 1.94. The Morgan fingerprint density at radius 2 is 1.77 bits per heavy atom. The quantitative estimate of drug-likeness (QED) is 0.174. The maximum atomic E-state index is 10.2. The van der Waals surface area contributed by atoms with E-state index in [2.05, 4.69) is 17.9 Å². The lowest BCUT2D eigenvalue weighted by Crippen LogP contribution is -2.21. The number of carboxylic acids is 1. The number of allylic oxidation sites excluding steroid dienone is 4. The Balaban J connectivity index is 3.59. The van der Waals surface area contributed by atoms with Gasteiger partial charge in [0, 0.05) is 5.97 Å². The highest BCUT2D eigenvalue weighted by molar-refractivity contribution is 5.63. The molecule has 0 rings (SSSR count). The van der Waals surface area contributed by atoms with E-state index in [9.17, 15) is 9.90 Å². The molecule has 0 saturated heterocycles. The van der Waals surface area contributed by atoms with Crippen molar-refractivity contribution in [1.29, 1.82) is 0 Å². The minimum Gasteiger partial charge on any atom is -0.550 e. The summed E-state index contributed by atoms with van der Waals surface area (Å²) >= 11 is 0. The molecule has 126 valence electrons. The summed E-state index contributed by atoms with van der Waals surface area (Å²) in [6.45, 7) is 2.10. The second kappa shape index (κ2) is 16.0. The Morgan fingerprint density at radius 1 is 1.05 bits per heavy atom. The maximum Gasteiger partial charge on any atom is 0.129 e. The van der Waals surface area contributed by atoms with Gasteiger partial charge >= 0.3 is 0 Å². The third-order valence-electron chi connectivity index (χ3n) is 3.20. The van der Waals surface area contributed by atoms with Crippen LogP contribution in [0.15, 0.2) is 36.5 Å². The molecule has 1 atom stereocenters. The molecule has 0 aromatic carbocycles. The fourth-order valence-electron chi connectivity index (χ4n) is 1.94. The molecule has 4 nitrogen and oxygen atoms in total. The second-order valence-electron chi connectivity index (χ2n) is 5.28. The smallest absolute Gasteiger partial charge is 0.129 e. The predicted molar refractivity (Wildman–Crippen MR) is 87.2 cm³/mol. The van der Waals surface area contributed by atoms with E-state index in [0.29, 0.717) is 0 Å². The number of rotatable bonds is 14. The van der Waals surface area contributed by atoms with Crippen LogP contribution >= 0.6 is 0 Å². The van der Waals surface area contributed by atoms with Crippen LogP contribution in [-0.4, -0.2) is 17.3 Å². The molecular formula is C18H29O4-. The van der Waals surface area contributed by atoms with Crippen molar-refractivity contribution in [3.05, 3.63) is 36.5 Å². The Labute approximate surface area is 134 Å². The lowest BCUT2D eigenvalue weighted by Gasteiger charge is -2.01. The van der Waals surface area contributed by atoms with Gasteiger partial charge in [-0.2, -0.15) is 0 Å². The van der Waals surface area contributed by atoms with E-state index < -0.39 is 5.97 Å². The number of unbranched alkanes of at least 4 members (excludes halogenated alkanes) is 6. The molecule has 0 spiro atoms. The number of hydrogen-bond acceptors (Lipinski definition) is 4. The van der Waals surface area contributed by atoms with Crippen LogP contribution in [0.5, 0.6) is 0 Å². The lowest BCUT2D eigenvalue weighted by atomic mass is 10.1. The molecule has 0 bridgehead atoms. The highest BCUT2D eigenvalue weighted by atomic mass is 17.1. The average molecular weight is 309 g/mol. The maximum absolute atomic E-state index is 10.2. The highest BCUT2D eigenvalue weighted by Gasteiger charge is 1.96. The van der Waals surface area contributed by atoms with Crippen LogP contribution in [-0.2, 0) is 9.68 Å². The molecule has 0 saturated carbocycles. The van der Waals surface area contributed by atoms with E-state index >= 15 is 0 Å². The van der Waals surface area contributed by atoms with Gasteiger partial charge in [0.25, 0.3) is 0 Å². The first-order valence-corrected chi connectivity index (χ1v) is 8.20. The van der Waals surface area contributed by atoms with E-state index in [1.807, 2.05) is 24.3 Å². The molecule has 1 N–H and O–H groups in total. The normalized spacial score (nSPS) is 13.5. The topological polar surface area (TPSA) is 69.6 Å². The first kappa shape index (κ1) is 20.6. The van der Waals surface area contributed by atoms with Crippen molar-refractivity contribution in [2.75, 3.05) is 0 Å². The molecule has 0 aliphatic heterocycles. The van der Waals surface area contributed by atoms with Crippen molar-refractivity contribution in [3.63, 3.8) is 0 Å². The Hall–Kier alpha value is -1.39. The van der Waals surface area contributed by atoms with Crippen molar-refractivity contribution in [2.24, 2.45) is 0 Å². The molecule has 0 aromatic rings. The van der Waals surface area contributed by atoms with Gasteiger partial charge in [-0.15, -0.1) is 0 Å². The Bertz CT molecular complexity index is 345. The molecule has 0 fully saturated rings. The molecule has 1 unspecified atom stereocenters. The van der Waals surface area contributed by atoms with Crippen LogP contribution in [0.2, 0.25) is 0 Å². The van der Waals surface area contributed by atoms with Gasteiger partial charge in [0.2, 0.25) is 0 Å². The van der Waals surface area contributed by atoms with Crippen LogP contribution in [0.3, 0.4) is 0 Å². The summed E-state index contributed by atoms with van der Waals surface area (Å²) in [6, 6.07) is 0. The third-order valence-corrected chi connectivity index (χ3v) is 3.20. The molecular weight excluding hydrogens is 280 g/mol. The molecule has 0 amide bonds. The average Bonchev–Trinajstić information content (AvgIpc) is 2.50. The van der Waals surface area contributed by atoms with E-state index in [-0.39, 0.29) is 12.5 Å². The number of hydrogen-bond donors (Lipinski definition) is 1. The van der Waals surface area contributed by atoms with Gasteiger partial charge in [-0.1, -0.05) is 63.0 Å². The van der Waals surface area contributed by atoms with Crippen LogP contribution in [0, 0.1) is 0 Å². The largest absolute Gasteiger partial charge is 0.550 e. The summed E-state index contributed by atoms with van der Waals surface area (Å²) in [5.41, 5.74) is 0. The van der Waals surface area contributed by atoms with Gasteiger partial charge in [-0.05, 0) is 38.2 Å². The van der Waals surface area contributed by atoms with Crippen LogP contribution in [0.1, 0.15) is 64.7 Å². The minimum atomic E-state index is -0.954. The van der Waals surface area contributed by atoms with Crippen molar-refractivity contribution in [2.45, 2.75) is 70.8 Å². The van der Waals surface area contributed by atoms with Crippen LogP contribution in [0.4, 0.5) is 0 Å². The zero-order valence-electron chi connectivity index (χ0n) is 13.6. The fraction of sp³-hybridized carbons (Fsp3) is 0.611. The standard InChI is InChI=1S/C18H30O4/c1-2-3-11-14-17(22-21)15-12-9-7-5-4-6-8-10-13-16-18(19)20/h7,9,11-12,14-15,17,21H,2-6,8,10,13,16H2,1H3,(H,19,20)/p-1/b9-7+,14-11+,15-12+. The van der Waals surface area contributed by atoms with Crippen molar-refractivity contribution in [3.8, 4) is 0 Å². The molecule has 4 heteroatoms. The lowest BCUT2D eigenvalue weighted by molar-refractivity contribution is -0.305. The summed E-state index contributed by atoms with van der Waals surface area (Å²) in [4.78, 5) is 14.6. The van der Waals surface area contributed by atoms with E-state index in [4.69, 9.17) is 5.26 Å². The third kappa shape index (κ3) is 15.0. The van der Waals surface area contributed by atoms with Gasteiger partial charge in [-0.3, -0.25) is 5.26 Å². The predicted octanol–water partition coefficient (Wildman–Crippen LogP) is 3.79. The summed E-state index contributed by atoms with van der Waals surface area (Å²) < 4.78 is 0. The van der Waals surface area contributed by atoms with Crippen molar-refractivity contribution < 1.29 is 20.0 Å². The minimum absolute atomic E-state index is 0.172. The summed E-state index contributed by atoms with van der Waals surface area (Å²) in [6.07, 6.45) is 19.3. The van der Waals surface area contributed by atoms with Crippen molar-refractivity contribution in [1.82, 2.24) is 0 Å². The molecule has 0 aliphatic rings. The second-order valence-corrected chi connectivity index (χ2v) is 5.28. The summed E-state index contributed by atoms with van der Waals surface area (Å²) in [5.74, 6) is -0.954. The Morgan fingerprint density at radius 3 is 2.45 bits per heavy atom. The highest BCUT2D eigenvalue weighted by Crippen LogP contribution is 2.07. The van der Waals surface area contributed by atoms with E-state index in [1.54, 1.807) is 6.08 Å². The van der Waals surface area contributed by atoms with Gasteiger partial charge in [0.05, 0.1) is 0 Å². The molecule has 0 aliphatic carbocycles. The molecule has 22 heavy (non-hydrogen) atoms. The Kier molecular flexibility index (Phi) is 15.0. The number of aliphatic carboxylic acids is 1. The summed E-state index contributed by atoms with van der Waals surface area (Å²) in [7, 11) is 0. The molecule has 0 radical (unpaired) electrons. The van der Waals surface area contributed by atoms with Gasteiger partial charge in [-0.25, -0.2) is 4.89 Å². The zero-order valence-corrected chi connectivity index (χ0v) is 13.6. The van der Waals surface area contributed by atoms with Crippen LogP contribution < -0.4 is 5.11 Å². The monoisotopic (exact) mass is 309 g/mol. The van der Waals surface area contributed by atoms with Gasteiger partial charge < -0.3 is 9.90 Å². The van der Waals surface area contributed by atoms with Gasteiger partial charge in [0.1, 0.15) is 6.10 Å². The van der Waals surface area contributed by atoms with E-state index in [1.165, 1.54) is 0 Å². The molecule has 0 aromatic heterocycles. The zero-order chi connectivity index (χ0) is 16.5. The molecule has 0 heterocycles. The van der Waals surface area contributed by atoms with E-state index in [0.717, 1.165) is 51.4 Å². The summed E-state index contributed by atoms with van der Waals surface area (Å²) in [5, 5.41) is 19.0.